The third-order valence-electron chi connectivity index (χ3n) is 7.08. The molecular weight excluding hydrogens is 546 g/mol. The van der Waals surface area contributed by atoms with Gasteiger partial charge in [-0.15, -0.1) is 0 Å². The smallest absolute Gasteiger partial charge is 0.420 e. The van der Waals surface area contributed by atoms with Gasteiger partial charge >= 0.3 is 12.2 Å². The fraction of sp³-hybridized carbons (Fsp3) is 0.370. The molecule has 41 heavy (non-hydrogen) atoms. The molecule has 2 aromatic carbocycles. The van der Waals surface area contributed by atoms with Crippen LogP contribution in [0.5, 0.6) is 5.75 Å². The van der Waals surface area contributed by atoms with Gasteiger partial charge in [-0.2, -0.15) is 18.3 Å². The van der Waals surface area contributed by atoms with Gasteiger partial charge in [0, 0.05) is 24.3 Å². The van der Waals surface area contributed by atoms with Crippen LogP contribution in [-0.2, 0) is 6.18 Å². The molecular formula is C27H29F4N7O3. The number of carbonyl (C=O) groups is 2. The summed E-state index contributed by atoms with van der Waals surface area (Å²) in [5, 5.41) is 8.92. The Balaban J connectivity index is 1.30. The molecule has 1 aliphatic carbocycles. The van der Waals surface area contributed by atoms with Crippen LogP contribution in [-0.4, -0.2) is 52.9 Å². The second-order valence-corrected chi connectivity index (χ2v) is 10.3. The van der Waals surface area contributed by atoms with E-state index >= 15 is 0 Å². The average molecular weight is 576 g/mol. The summed E-state index contributed by atoms with van der Waals surface area (Å²) in [6, 6.07) is 6.01. The lowest BCUT2D eigenvalue weighted by Crippen LogP contribution is -2.36. The number of benzene rings is 2. The first-order valence-electron chi connectivity index (χ1n) is 13.0. The summed E-state index contributed by atoms with van der Waals surface area (Å²) in [5.41, 5.74) is 10.4. The average Bonchev–Trinajstić information content (AvgIpc) is 3.68. The lowest BCUT2D eigenvalue weighted by molar-refractivity contribution is -0.139. The number of aromatic nitrogens is 2. The zero-order valence-electron chi connectivity index (χ0n) is 22.1. The second-order valence-electron chi connectivity index (χ2n) is 10.3. The Bertz CT molecular complexity index is 1480. The molecule has 0 atom stereocenters. The maximum absolute atomic E-state index is 15.0. The Morgan fingerprint density at radius 1 is 1.05 bits per heavy atom. The van der Waals surface area contributed by atoms with Crippen molar-refractivity contribution in [3.8, 4) is 17.0 Å². The highest BCUT2D eigenvalue weighted by atomic mass is 19.4. The van der Waals surface area contributed by atoms with Gasteiger partial charge in [-0.3, -0.25) is 4.79 Å². The first-order valence-corrected chi connectivity index (χ1v) is 13.0. The van der Waals surface area contributed by atoms with E-state index in [2.05, 4.69) is 20.6 Å². The number of nitrogens with one attached hydrogen (secondary N) is 2. The van der Waals surface area contributed by atoms with E-state index in [0.717, 1.165) is 31.0 Å². The number of piperidine rings is 1. The topological polar surface area (TPSA) is 141 Å². The Morgan fingerprint density at radius 3 is 2.37 bits per heavy atom. The van der Waals surface area contributed by atoms with Gasteiger partial charge in [0.25, 0.3) is 5.91 Å². The molecule has 0 unspecified atom stereocenters. The second kappa shape index (κ2) is 10.9. The van der Waals surface area contributed by atoms with E-state index in [1.54, 1.807) is 0 Å². The number of urea groups is 1. The molecule has 2 aliphatic rings. The van der Waals surface area contributed by atoms with Crippen LogP contribution in [0.25, 0.3) is 11.3 Å². The molecule has 0 spiro atoms. The fourth-order valence-electron chi connectivity index (χ4n) is 4.75. The van der Waals surface area contributed by atoms with Crippen molar-refractivity contribution in [3.63, 3.8) is 0 Å². The van der Waals surface area contributed by atoms with E-state index in [9.17, 15) is 27.2 Å². The van der Waals surface area contributed by atoms with Crippen molar-refractivity contribution in [2.75, 3.05) is 36.5 Å². The van der Waals surface area contributed by atoms with Crippen molar-refractivity contribution in [1.82, 2.24) is 14.7 Å². The molecule has 1 aromatic heterocycles. The highest BCUT2D eigenvalue weighted by molar-refractivity contribution is 6.04. The minimum atomic E-state index is -4.73. The van der Waals surface area contributed by atoms with Crippen molar-refractivity contribution in [3.05, 3.63) is 53.3 Å². The number of alkyl halides is 3. The Labute approximate surface area is 232 Å². The van der Waals surface area contributed by atoms with Crippen LogP contribution >= 0.6 is 0 Å². The van der Waals surface area contributed by atoms with Crippen molar-refractivity contribution in [2.45, 2.75) is 44.0 Å². The zero-order chi connectivity index (χ0) is 29.5. The standard InChI is InChI=1S/C27H29F4N7O3/c1-37-10-8-17(9-11-37)41-21-7-3-15(13-18(21)27(29,30)31)34-26(40)35-20-6-2-14(12-19(20)28)23-22(25(33)39)24(32)38(36-23)16-4-5-16/h2-3,6-7,12-13,16-17H,4-5,8-11,32H2,1H3,(H2,33,39)(H2,34,35,40). The van der Waals surface area contributed by atoms with E-state index in [4.69, 9.17) is 16.2 Å². The molecule has 0 bridgehead atoms. The Morgan fingerprint density at radius 2 is 1.76 bits per heavy atom. The van der Waals surface area contributed by atoms with Crippen molar-refractivity contribution >= 4 is 29.1 Å². The number of hydrogen-bond donors (Lipinski definition) is 4. The lowest BCUT2D eigenvalue weighted by atomic mass is 10.1. The molecule has 218 valence electrons. The molecule has 6 N–H and O–H groups in total. The molecule has 2 fully saturated rings. The highest BCUT2D eigenvalue weighted by Crippen LogP contribution is 2.40. The van der Waals surface area contributed by atoms with Crippen molar-refractivity contribution in [1.29, 1.82) is 0 Å². The number of ether oxygens (including phenoxy) is 1. The predicted molar refractivity (Wildman–Crippen MR) is 144 cm³/mol. The fourth-order valence-corrected chi connectivity index (χ4v) is 4.75. The van der Waals surface area contributed by atoms with Gasteiger partial charge in [-0.05, 0) is 63.1 Å². The van der Waals surface area contributed by atoms with E-state index in [1.807, 2.05) is 7.05 Å². The number of halogens is 4. The molecule has 5 rings (SSSR count). The first kappa shape index (κ1) is 28.2. The van der Waals surface area contributed by atoms with Crippen molar-refractivity contribution < 1.29 is 31.9 Å². The first-order chi connectivity index (χ1) is 19.4. The van der Waals surface area contributed by atoms with Crippen LogP contribution in [0.15, 0.2) is 36.4 Å². The third-order valence-corrected chi connectivity index (χ3v) is 7.08. The summed E-state index contributed by atoms with van der Waals surface area (Å²) in [6.45, 7) is 1.43. The summed E-state index contributed by atoms with van der Waals surface area (Å²) >= 11 is 0. The third kappa shape index (κ3) is 6.21. The summed E-state index contributed by atoms with van der Waals surface area (Å²) in [7, 11) is 1.93. The minimum absolute atomic E-state index is 0.0292. The quantitative estimate of drug-likeness (QED) is 0.297. The highest BCUT2D eigenvalue weighted by Gasteiger charge is 2.36. The Hall–Kier alpha value is -4.33. The van der Waals surface area contributed by atoms with Gasteiger partial charge in [0.1, 0.15) is 34.7 Å². The monoisotopic (exact) mass is 575 g/mol. The number of nitrogens with two attached hydrogens (primary N) is 2. The molecule has 3 amide bonds. The van der Waals surface area contributed by atoms with Crippen molar-refractivity contribution in [2.24, 2.45) is 5.73 Å². The number of amides is 3. The largest absolute Gasteiger partial charge is 0.490 e. The normalized spacial score (nSPS) is 16.4. The summed E-state index contributed by atoms with van der Waals surface area (Å²) in [5.74, 6) is -1.91. The number of hydrogen-bond acceptors (Lipinski definition) is 6. The van der Waals surface area contributed by atoms with E-state index < -0.39 is 29.5 Å². The number of nitrogen functional groups attached to an aromatic ring is 1. The van der Waals surface area contributed by atoms with Crippen LogP contribution in [0.3, 0.4) is 0 Å². The van der Waals surface area contributed by atoms with Crippen LogP contribution in [0.4, 0.5) is 39.5 Å². The molecule has 14 heteroatoms. The zero-order valence-corrected chi connectivity index (χ0v) is 22.1. The van der Waals surface area contributed by atoms with Gasteiger partial charge in [-0.25, -0.2) is 13.9 Å². The SMILES string of the molecule is CN1CCC(Oc2ccc(NC(=O)Nc3ccc(-c4nn(C5CC5)c(N)c4C(N)=O)cc3F)cc2C(F)(F)F)CC1. The van der Waals surface area contributed by atoms with E-state index in [-0.39, 0.29) is 51.9 Å². The van der Waals surface area contributed by atoms with Crippen LogP contribution in [0.2, 0.25) is 0 Å². The number of nitrogens with zero attached hydrogens (tertiary/aromatic N) is 3. The maximum Gasteiger partial charge on any atom is 0.420 e. The van der Waals surface area contributed by atoms with Gasteiger partial charge in [0.15, 0.2) is 0 Å². The molecule has 1 saturated heterocycles. The summed E-state index contributed by atoms with van der Waals surface area (Å²) in [4.78, 5) is 26.6. The Kier molecular flexibility index (Phi) is 7.51. The molecule has 2 heterocycles. The lowest BCUT2D eigenvalue weighted by Gasteiger charge is -2.30. The number of anilines is 3. The summed E-state index contributed by atoms with van der Waals surface area (Å²) in [6.07, 6.45) is -2.20. The van der Waals surface area contributed by atoms with E-state index in [0.29, 0.717) is 25.9 Å². The molecule has 0 radical (unpaired) electrons. The van der Waals surface area contributed by atoms with E-state index in [1.165, 1.54) is 22.9 Å². The van der Waals surface area contributed by atoms with Gasteiger partial charge < -0.3 is 31.7 Å². The maximum atomic E-state index is 15.0. The van der Waals surface area contributed by atoms with Gasteiger partial charge in [0.05, 0.1) is 17.3 Å². The van der Waals surface area contributed by atoms with Crippen LogP contribution in [0, 0.1) is 5.82 Å². The number of carbonyl (C=O) groups excluding carboxylic acids is 2. The molecule has 10 nitrogen and oxygen atoms in total. The van der Waals surface area contributed by atoms with Gasteiger partial charge in [0.2, 0.25) is 0 Å². The molecule has 3 aromatic rings. The molecule has 1 aliphatic heterocycles. The number of likely N-dealkylation sites (tertiary alicyclic amines) is 1. The minimum Gasteiger partial charge on any atom is -0.490 e. The predicted octanol–water partition coefficient (Wildman–Crippen LogP) is 4.84. The number of primary amides is 1. The van der Waals surface area contributed by atoms with Gasteiger partial charge in [-0.1, -0.05) is 6.07 Å². The molecule has 1 saturated carbocycles. The van der Waals surface area contributed by atoms with Crippen LogP contribution < -0.4 is 26.8 Å². The number of rotatable bonds is 7. The summed E-state index contributed by atoms with van der Waals surface area (Å²) < 4.78 is 63.5. The van der Waals surface area contributed by atoms with Crippen LogP contribution in [0.1, 0.15) is 47.6 Å².